The van der Waals surface area contributed by atoms with Crippen molar-refractivity contribution < 1.29 is 33.4 Å². The lowest BCUT2D eigenvalue weighted by Gasteiger charge is -2.34. The highest BCUT2D eigenvalue weighted by atomic mass is 16.6. The highest BCUT2D eigenvalue weighted by molar-refractivity contribution is 6.01. The third kappa shape index (κ3) is 5.32. The van der Waals surface area contributed by atoms with Crippen molar-refractivity contribution in [3.8, 4) is 0 Å². The average Bonchev–Trinajstić information content (AvgIpc) is 2.65. The van der Waals surface area contributed by atoms with Crippen LogP contribution in [0.15, 0.2) is 23.3 Å². The summed E-state index contributed by atoms with van der Waals surface area (Å²) in [4.78, 5) is 52.1. The van der Waals surface area contributed by atoms with Gasteiger partial charge in [0.15, 0.2) is 6.10 Å². The summed E-state index contributed by atoms with van der Waals surface area (Å²) >= 11 is 0. The minimum Gasteiger partial charge on any atom is -0.458 e. The van der Waals surface area contributed by atoms with Gasteiger partial charge in [-0.25, -0.2) is 9.59 Å². The number of allylic oxidation sites excluding steroid dienone is 1. The van der Waals surface area contributed by atoms with Gasteiger partial charge >= 0.3 is 17.9 Å². The lowest BCUT2D eigenvalue weighted by molar-refractivity contribution is -0.185. The van der Waals surface area contributed by atoms with E-state index in [2.05, 4.69) is 0 Å². The topological polar surface area (TPSA) is 99.2 Å². The molecule has 3 atom stereocenters. The zero-order chi connectivity index (χ0) is 21.8. The van der Waals surface area contributed by atoms with Gasteiger partial charge in [-0.1, -0.05) is 19.1 Å². The molecule has 0 aromatic carbocycles. The number of ketones is 1. The van der Waals surface area contributed by atoms with Crippen LogP contribution in [-0.4, -0.2) is 67.0 Å². The minimum absolute atomic E-state index is 0.123. The normalized spacial score (nSPS) is 33.2. The second-order valence-electron chi connectivity index (χ2n) is 7.73. The Morgan fingerprint density at radius 2 is 2.03 bits per heavy atom. The number of ether oxygens (including phenoxy) is 3. The molecule has 0 aromatic rings. The summed E-state index contributed by atoms with van der Waals surface area (Å²) in [6.45, 7) is 6.83. The fourth-order valence-corrected chi connectivity index (χ4v) is 3.35. The molecule has 0 spiro atoms. The number of hydrogen-bond acceptors (Lipinski definition) is 8. The number of carbonyl (C=O) groups excluding carboxylic acids is 4. The van der Waals surface area contributed by atoms with E-state index in [1.54, 1.807) is 26.0 Å². The second kappa shape index (κ2) is 9.35. The zero-order valence-corrected chi connectivity index (χ0v) is 17.6. The van der Waals surface area contributed by atoms with Crippen LogP contribution in [0, 0.1) is 5.92 Å². The summed E-state index contributed by atoms with van der Waals surface area (Å²) in [5.74, 6) is -2.95. The van der Waals surface area contributed by atoms with Crippen molar-refractivity contribution >= 4 is 23.7 Å². The molecule has 2 heterocycles. The minimum atomic E-state index is -1.61. The SMILES string of the molecule is CC=C1C[C@@H](C)[C@@](C)(OC(C)=O)C(=O)OC/C2=C/CN(C)CC[C@@H](OC1=O)C2=O. The van der Waals surface area contributed by atoms with Gasteiger partial charge in [0.1, 0.15) is 6.61 Å². The molecule has 0 unspecified atom stereocenters. The van der Waals surface area contributed by atoms with E-state index in [9.17, 15) is 19.2 Å². The lowest BCUT2D eigenvalue weighted by Crippen LogP contribution is -2.48. The number of rotatable bonds is 1. The highest BCUT2D eigenvalue weighted by Gasteiger charge is 2.45. The quantitative estimate of drug-likeness (QED) is 0.367. The molecule has 29 heavy (non-hydrogen) atoms. The fourth-order valence-electron chi connectivity index (χ4n) is 3.35. The number of hydrogen-bond donors (Lipinski definition) is 0. The molecule has 0 N–H and O–H groups in total. The molecule has 2 rings (SSSR count). The van der Waals surface area contributed by atoms with Gasteiger partial charge in [-0.2, -0.15) is 0 Å². The third-order valence-electron chi connectivity index (χ3n) is 5.48. The molecule has 1 fully saturated rings. The second-order valence-corrected chi connectivity index (χ2v) is 7.73. The molecule has 2 aliphatic rings. The van der Waals surface area contributed by atoms with E-state index in [0.29, 0.717) is 25.1 Å². The van der Waals surface area contributed by atoms with Crippen LogP contribution in [0.25, 0.3) is 0 Å². The van der Waals surface area contributed by atoms with Crippen LogP contribution in [0.2, 0.25) is 0 Å². The molecule has 0 saturated carbocycles. The van der Waals surface area contributed by atoms with E-state index in [0.717, 1.165) is 0 Å². The maximum absolute atomic E-state index is 12.9. The third-order valence-corrected chi connectivity index (χ3v) is 5.48. The first-order chi connectivity index (χ1) is 13.6. The Morgan fingerprint density at radius 1 is 1.34 bits per heavy atom. The molecule has 1 saturated heterocycles. The van der Waals surface area contributed by atoms with Gasteiger partial charge in [-0.3, -0.25) is 9.59 Å². The van der Waals surface area contributed by atoms with E-state index in [4.69, 9.17) is 14.2 Å². The van der Waals surface area contributed by atoms with Crippen LogP contribution in [-0.2, 0) is 33.4 Å². The monoisotopic (exact) mass is 407 g/mol. The van der Waals surface area contributed by atoms with Gasteiger partial charge in [0, 0.05) is 43.5 Å². The number of nitrogens with zero attached hydrogens (tertiary/aromatic N) is 1. The van der Waals surface area contributed by atoms with Crippen LogP contribution >= 0.6 is 0 Å². The Morgan fingerprint density at radius 3 is 2.66 bits per heavy atom. The Kier molecular flexibility index (Phi) is 7.35. The van der Waals surface area contributed by atoms with Crippen molar-refractivity contribution in [1.29, 1.82) is 0 Å². The Bertz CT molecular complexity index is 754. The van der Waals surface area contributed by atoms with Gasteiger partial charge in [0.2, 0.25) is 11.4 Å². The molecular weight excluding hydrogens is 378 g/mol. The molecule has 8 heteroatoms. The molecule has 0 aliphatic carbocycles. The van der Waals surface area contributed by atoms with Crippen molar-refractivity contribution in [2.75, 3.05) is 26.7 Å². The van der Waals surface area contributed by atoms with E-state index in [1.807, 2.05) is 11.9 Å². The number of Topliss-reactive ketones (excluding diaryl/α,β-unsaturated/α-hetero) is 1. The fraction of sp³-hybridized carbons (Fsp3) is 0.619. The molecule has 2 bridgehead atoms. The van der Waals surface area contributed by atoms with Crippen LogP contribution in [0.3, 0.4) is 0 Å². The van der Waals surface area contributed by atoms with Crippen molar-refractivity contribution in [1.82, 2.24) is 4.90 Å². The van der Waals surface area contributed by atoms with E-state index in [1.165, 1.54) is 13.8 Å². The largest absolute Gasteiger partial charge is 0.458 e. The maximum atomic E-state index is 12.9. The summed E-state index contributed by atoms with van der Waals surface area (Å²) in [5, 5.41) is 0. The van der Waals surface area contributed by atoms with Gasteiger partial charge in [0.25, 0.3) is 0 Å². The number of fused-ring (bicyclic) bond motifs is 2. The van der Waals surface area contributed by atoms with Crippen LogP contribution < -0.4 is 0 Å². The molecule has 8 nitrogen and oxygen atoms in total. The summed E-state index contributed by atoms with van der Waals surface area (Å²) in [7, 11) is 1.88. The van der Waals surface area contributed by atoms with Crippen LogP contribution in [0.1, 0.15) is 40.5 Å². The van der Waals surface area contributed by atoms with E-state index >= 15 is 0 Å². The van der Waals surface area contributed by atoms with Gasteiger partial charge in [0.05, 0.1) is 0 Å². The van der Waals surface area contributed by atoms with Gasteiger partial charge in [-0.05, 0) is 27.3 Å². The predicted octanol–water partition coefficient (Wildman–Crippen LogP) is 1.58. The average molecular weight is 407 g/mol. The van der Waals surface area contributed by atoms with Crippen molar-refractivity contribution in [3.63, 3.8) is 0 Å². The molecule has 2 aliphatic heterocycles. The van der Waals surface area contributed by atoms with Crippen LogP contribution in [0.5, 0.6) is 0 Å². The Hall–Kier alpha value is -2.48. The van der Waals surface area contributed by atoms with E-state index < -0.39 is 35.5 Å². The van der Waals surface area contributed by atoms with Gasteiger partial charge in [-0.15, -0.1) is 0 Å². The first kappa shape index (κ1) is 22.8. The standard InChI is InChI=1S/C21H29NO7/c1-6-15-11-13(2)21(4,29-14(3)23)20(26)27-12-16-7-9-22(5)10-8-17(18(16)24)28-19(15)25/h6-7,13,17H,8-12H2,1-5H3/b15-6?,16-7-/t13-,17-,21-/m1/s1. The van der Waals surface area contributed by atoms with Crippen molar-refractivity contribution in [2.24, 2.45) is 5.92 Å². The molecule has 0 amide bonds. The van der Waals surface area contributed by atoms with E-state index in [-0.39, 0.29) is 24.4 Å². The number of likely N-dealkylation sites (N-methyl/N-ethyl adjacent to an activating group) is 1. The van der Waals surface area contributed by atoms with Crippen molar-refractivity contribution in [3.05, 3.63) is 23.3 Å². The summed E-state index contributed by atoms with van der Waals surface area (Å²) in [6.07, 6.45) is 2.78. The lowest BCUT2D eigenvalue weighted by atomic mass is 9.84. The summed E-state index contributed by atoms with van der Waals surface area (Å²) in [5.41, 5.74) is -1.05. The highest BCUT2D eigenvalue weighted by Crippen LogP contribution is 2.31. The van der Waals surface area contributed by atoms with Crippen molar-refractivity contribution in [2.45, 2.75) is 52.2 Å². The zero-order valence-electron chi connectivity index (χ0n) is 17.6. The molecule has 0 radical (unpaired) electrons. The van der Waals surface area contributed by atoms with Gasteiger partial charge < -0.3 is 19.1 Å². The smallest absolute Gasteiger partial charge is 0.350 e. The Balaban J connectivity index is 2.48. The summed E-state index contributed by atoms with van der Waals surface area (Å²) < 4.78 is 16.3. The molecule has 0 aromatic heterocycles. The molecule has 160 valence electrons. The number of carbonyl (C=O) groups is 4. The van der Waals surface area contributed by atoms with Crippen LogP contribution in [0.4, 0.5) is 0 Å². The number of cyclic esters (lactones) is 1. The Labute approximate surface area is 170 Å². The summed E-state index contributed by atoms with van der Waals surface area (Å²) in [6, 6.07) is 0. The first-order valence-corrected chi connectivity index (χ1v) is 9.73. The number of esters is 3. The molecular formula is C21H29NO7. The first-order valence-electron chi connectivity index (χ1n) is 9.73. The maximum Gasteiger partial charge on any atom is 0.350 e. The predicted molar refractivity (Wildman–Crippen MR) is 104 cm³/mol.